The van der Waals surface area contributed by atoms with Crippen molar-refractivity contribution in [2.24, 2.45) is 0 Å². The van der Waals surface area contributed by atoms with Crippen molar-refractivity contribution in [3.05, 3.63) is 83.9 Å². The van der Waals surface area contributed by atoms with E-state index in [0.29, 0.717) is 19.8 Å². The van der Waals surface area contributed by atoms with Gasteiger partial charge in [0.1, 0.15) is 24.4 Å². The number of hydrogen-bond acceptors (Lipinski definition) is 5. The Balaban J connectivity index is 1.37. The first-order valence-electron chi connectivity index (χ1n) is 10.2. The lowest BCUT2D eigenvalue weighted by molar-refractivity contribution is -0.341. The smallest absolute Gasteiger partial charge is 0.184 e. The molecule has 0 saturated carbocycles. The van der Waals surface area contributed by atoms with E-state index in [1.54, 1.807) is 0 Å². The second kappa shape index (κ2) is 8.38. The third-order valence-electron chi connectivity index (χ3n) is 5.75. The van der Waals surface area contributed by atoms with Gasteiger partial charge in [-0.3, -0.25) is 0 Å². The quantitative estimate of drug-likeness (QED) is 0.739. The molecule has 1 unspecified atom stereocenters. The zero-order valence-corrected chi connectivity index (χ0v) is 16.3. The van der Waals surface area contributed by atoms with E-state index in [4.69, 9.17) is 23.7 Å². The zero-order chi connectivity index (χ0) is 19.6. The highest BCUT2D eigenvalue weighted by molar-refractivity contribution is 5.17. The molecule has 2 aromatic rings. The maximum absolute atomic E-state index is 6.41. The molecular formula is C24H26O5. The maximum atomic E-state index is 6.41. The Hall–Kier alpha value is -2.02. The zero-order valence-electron chi connectivity index (χ0n) is 16.3. The fourth-order valence-corrected chi connectivity index (χ4v) is 4.32. The predicted octanol–water partition coefficient (Wildman–Crippen LogP) is 3.80. The molecule has 3 aliphatic heterocycles. The summed E-state index contributed by atoms with van der Waals surface area (Å²) in [6.45, 7) is 5.57. The summed E-state index contributed by atoms with van der Waals surface area (Å²) in [7, 11) is 0. The van der Waals surface area contributed by atoms with Gasteiger partial charge < -0.3 is 23.7 Å². The maximum Gasteiger partial charge on any atom is 0.184 e. The number of hydrogen-bond donors (Lipinski definition) is 0. The Morgan fingerprint density at radius 1 is 0.862 bits per heavy atom. The molecule has 29 heavy (non-hydrogen) atoms. The molecule has 0 N–H and O–H groups in total. The van der Waals surface area contributed by atoms with Crippen LogP contribution in [0.3, 0.4) is 0 Å². The fraction of sp³-hybridized carbons (Fsp3) is 0.417. The molecule has 0 bridgehead atoms. The van der Waals surface area contributed by atoms with Crippen LogP contribution in [0.1, 0.15) is 23.8 Å². The van der Waals surface area contributed by atoms with E-state index < -0.39 is 6.29 Å². The van der Waals surface area contributed by atoms with Crippen molar-refractivity contribution in [3.8, 4) is 0 Å². The van der Waals surface area contributed by atoms with Crippen LogP contribution in [0.25, 0.3) is 0 Å². The number of fused-ring (bicyclic) bond motifs is 2. The van der Waals surface area contributed by atoms with Crippen molar-refractivity contribution in [2.45, 2.75) is 49.8 Å². The number of benzene rings is 2. The van der Waals surface area contributed by atoms with Crippen molar-refractivity contribution < 1.29 is 23.7 Å². The largest absolute Gasteiger partial charge is 0.368 e. The van der Waals surface area contributed by atoms with Gasteiger partial charge in [0.05, 0.1) is 25.9 Å². The van der Waals surface area contributed by atoms with Gasteiger partial charge in [0, 0.05) is 5.56 Å². The highest BCUT2D eigenvalue weighted by Crippen LogP contribution is 2.39. The predicted molar refractivity (Wildman–Crippen MR) is 107 cm³/mol. The molecule has 0 aliphatic carbocycles. The van der Waals surface area contributed by atoms with Crippen LogP contribution >= 0.6 is 0 Å². The first-order valence-corrected chi connectivity index (χ1v) is 10.2. The normalized spacial score (nSPS) is 34.3. The van der Waals surface area contributed by atoms with Crippen LogP contribution in [0.15, 0.2) is 72.8 Å². The van der Waals surface area contributed by atoms with Gasteiger partial charge in [-0.2, -0.15) is 0 Å². The minimum Gasteiger partial charge on any atom is -0.368 e. The van der Waals surface area contributed by atoms with E-state index in [0.717, 1.165) is 23.1 Å². The topological polar surface area (TPSA) is 46.2 Å². The highest BCUT2D eigenvalue weighted by atomic mass is 16.7. The molecule has 2 aromatic carbocycles. The summed E-state index contributed by atoms with van der Waals surface area (Å²) in [6, 6.07) is 20.2. The van der Waals surface area contributed by atoms with E-state index in [1.807, 2.05) is 48.5 Å². The molecule has 0 amide bonds. The van der Waals surface area contributed by atoms with Gasteiger partial charge in [0.15, 0.2) is 6.29 Å². The van der Waals surface area contributed by atoms with E-state index in [1.165, 1.54) is 0 Å². The van der Waals surface area contributed by atoms with E-state index in [9.17, 15) is 0 Å². The average Bonchev–Trinajstić information content (AvgIpc) is 2.77. The van der Waals surface area contributed by atoms with E-state index in [2.05, 4.69) is 18.7 Å². The highest BCUT2D eigenvalue weighted by Gasteiger charge is 2.52. The third-order valence-corrected chi connectivity index (χ3v) is 5.75. The Morgan fingerprint density at radius 3 is 2.41 bits per heavy atom. The van der Waals surface area contributed by atoms with E-state index >= 15 is 0 Å². The Labute approximate surface area is 171 Å². The van der Waals surface area contributed by atoms with Crippen LogP contribution in [0.5, 0.6) is 0 Å². The molecule has 3 fully saturated rings. The number of rotatable bonds is 4. The molecule has 3 heterocycles. The summed E-state index contributed by atoms with van der Waals surface area (Å²) < 4.78 is 31.2. The molecule has 6 atom stereocenters. The monoisotopic (exact) mass is 394 g/mol. The van der Waals surface area contributed by atoms with Gasteiger partial charge in [0.25, 0.3) is 0 Å². The van der Waals surface area contributed by atoms with Crippen molar-refractivity contribution in [1.29, 1.82) is 0 Å². The summed E-state index contributed by atoms with van der Waals surface area (Å²) in [6.07, 6.45) is -0.599. The fourth-order valence-electron chi connectivity index (χ4n) is 4.32. The Kier molecular flexibility index (Phi) is 5.48. The van der Waals surface area contributed by atoms with Crippen molar-refractivity contribution in [2.75, 3.05) is 13.2 Å². The second-order valence-electron chi connectivity index (χ2n) is 7.88. The molecule has 3 aliphatic rings. The summed E-state index contributed by atoms with van der Waals surface area (Å²) in [5.74, 6) is 0. The summed E-state index contributed by atoms with van der Waals surface area (Å²) in [4.78, 5) is 0. The lowest BCUT2D eigenvalue weighted by Gasteiger charge is -2.50. The van der Waals surface area contributed by atoms with Gasteiger partial charge in [-0.25, -0.2) is 0 Å². The Bertz CT molecular complexity index is 824. The standard InChI is InChI=1S/C24H26O5/c1-16-12-19-21(25-13-16)23(26-14-17-8-4-2-5-9-17)22-20(28-19)15-27-24(29-22)18-10-6-3-7-11-18/h2-11,19-24H,1,12-15H2/t19-,20-,21+,22-,23-,24?/m1/s1. The molecular weight excluding hydrogens is 368 g/mol. The van der Waals surface area contributed by atoms with Crippen LogP contribution in [-0.4, -0.2) is 43.7 Å². The molecule has 3 saturated heterocycles. The SMILES string of the molecule is C=C1CO[C@@H]2[C@@H](OCc3ccccc3)[C@@H]3OC(c4ccccc4)OC[C@H]3O[C@@H]2C1. The van der Waals surface area contributed by atoms with Crippen LogP contribution in [0.4, 0.5) is 0 Å². The van der Waals surface area contributed by atoms with Crippen LogP contribution in [-0.2, 0) is 30.3 Å². The minimum absolute atomic E-state index is 0.0845. The molecule has 0 spiro atoms. The first kappa shape index (κ1) is 19.0. The van der Waals surface area contributed by atoms with Gasteiger partial charge in [-0.05, 0) is 17.6 Å². The van der Waals surface area contributed by atoms with Crippen molar-refractivity contribution in [3.63, 3.8) is 0 Å². The lowest BCUT2D eigenvalue weighted by atomic mass is 9.89. The van der Waals surface area contributed by atoms with Crippen molar-refractivity contribution in [1.82, 2.24) is 0 Å². The molecule has 5 heteroatoms. The molecule has 5 nitrogen and oxygen atoms in total. The average molecular weight is 394 g/mol. The molecule has 152 valence electrons. The summed E-state index contributed by atoms with van der Waals surface area (Å²) >= 11 is 0. The Morgan fingerprint density at radius 2 is 1.62 bits per heavy atom. The van der Waals surface area contributed by atoms with Gasteiger partial charge >= 0.3 is 0 Å². The molecule has 5 rings (SSSR count). The second-order valence-corrected chi connectivity index (χ2v) is 7.88. The van der Waals surface area contributed by atoms with Crippen molar-refractivity contribution >= 4 is 0 Å². The van der Waals surface area contributed by atoms with Gasteiger partial charge in [-0.15, -0.1) is 0 Å². The molecule has 0 aromatic heterocycles. The molecule has 0 radical (unpaired) electrons. The summed E-state index contributed by atoms with van der Waals surface area (Å²) in [5.41, 5.74) is 3.16. The van der Waals surface area contributed by atoms with E-state index in [-0.39, 0.29) is 30.5 Å². The first-order chi connectivity index (χ1) is 14.3. The van der Waals surface area contributed by atoms with Crippen LogP contribution in [0, 0.1) is 0 Å². The number of ether oxygens (including phenoxy) is 5. The van der Waals surface area contributed by atoms with Gasteiger partial charge in [-0.1, -0.05) is 67.2 Å². The van der Waals surface area contributed by atoms with Gasteiger partial charge in [0.2, 0.25) is 0 Å². The third kappa shape index (κ3) is 4.02. The van der Waals surface area contributed by atoms with Crippen LogP contribution in [0.2, 0.25) is 0 Å². The van der Waals surface area contributed by atoms with Crippen LogP contribution < -0.4 is 0 Å². The minimum atomic E-state index is -0.431. The summed E-state index contributed by atoms with van der Waals surface area (Å²) in [5, 5.41) is 0. The lowest BCUT2D eigenvalue weighted by Crippen LogP contribution is -2.64.